The topological polar surface area (TPSA) is 57.8 Å². The van der Waals surface area contributed by atoms with Gasteiger partial charge in [0.05, 0.1) is 17.4 Å². The number of benzene rings is 2. The largest absolute Gasteiger partial charge is 0.345 e. The van der Waals surface area contributed by atoms with Crippen LogP contribution in [0.25, 0.3) is 11.0 Å². The van der Waals surface area contributed by atoms with Crippen LogP contribution in [0.5, 0.6) is 0 Å². The van der Waals surface area contributed by atoms with Crippen LogP contribution in [0.4, 0.5) is 5.69 Å². The lowest BCUT2D eigenvalue weighted by Gasteiger charge is -2.57. The third-order valence-corrected chi connectivity index (χ3v) is 7.48. The van der Waals surface area contributed by atoms with E-state index in [2.05, 4.69) is 39.6 Å². The SMILES string of the molecule is O=C(Nc1ccc(C23CC4CC(CC(C4)C2)C3)cc1)c1ccc2nc[nH]c2c1. The van der Waals surface area contributed by atoms with Crippen molar-refractivity contribution in [1.29, 1.82) is 0 Å². The molecular weight excluding hydrogens is 346 g/mol. The van der Waals surface area contributed by atoms with Crippen molar-refractivity contribution >= 4 is 22.6 Å². The van der Waals surface area contributed by atoms with Gasteiger partial charge in [-0.3, -0.25) is 4.79 Å². The number of imidazole rings is 1. The molecule has 2 N–H and O–H groups in total. The van der Waals surface area contributed by atoms with Crippen molar-refractivity contribution in [3.05, 3.63) is 59.9 Å². The number of nitrogens with one attached hydrogen (secondary N) is 2. The standard InChI is InChI=1S/C24H25N3O/c28-23(18-1-6-21-22(10-18)26-14-25-21)27-20-4-2-19(3-5-20)24-11-15-7-16(12-24)9-17(8-15)13-24/h1-6,10,14-17H,7-9,11-13H2,(H,25,26)(H,27,28). The van der Waals surface area contributed by atoms with E-state index in [1.54, 1.807) is 6.33 Å². The average Bonchev–Trinajstić information content (AvgIpc) is 3.15. The molecule has 0 aliphatic heterocycles. The quantitative estimate of drug-likeness (QED) is 0.658. The zero-order chi connectivity index (χ0) is 18.7. The number of hydrogen-bond acceptors (Lipinski definition) is 2. The molecule has 4 aliphatic carbocycles. The van der Waals surface area contributed by atoms with Crippen LogP contribution in [0.2, 0.25) is 0 Å². The van der Waals surface area contributed by atoms with Crippen molar-refractivity contribution in [2.45, 2.75) is 43.9 Å². The van der Waals surface area contributed by atoms with Crippen LogP contribution in [0.3, 0.4) is 0 Å². The fourth-order valence-corrected chi connectivity index (χ4v) is 6.65. The molecule has 4 bridgehead atoms. The third kappa shape index (κ3) is 2.58. The Labute approximate surface area is 164 Å². The molecule has 0 saturated heterocycles. The van der Waals surface area contributed by atoms with Gasteiger partial charge < -0.3 is 10.3 Å². The minimum absolute atomic E-state index is 0.0842. The number of carbonyl (C=O) groups excluding carboxylic acids is 1. The van der Waals surface area contributed by atoms with Crippen molar-refractivity contribution < 1.29 is 4.79 Å². The van der Waals surface area contributed by atoms with Crippen LogP contribution in [-0.2, 0) is 5.41 Å². The molecule has 0 atom stereocenters. The van der Waals surface area contributed by atoms with E-state index >= 15 is 0 Å². The van der Waals surface area contributed by atoms with Crippen LogP contribution in [0.1, 0.15) is 54.4 Å². The van der Waals surface area contributed by atoms with Crippen LogP contribution < -0.4 is 5.32 Å². The molecule has 1 amide bonds. The summed E-state index contributed by atoms with van der Waals surface area (Å²) in [5, 5.41) is 3.04. The lowest BCUT2D eigenvalue weighted by Crippen LogP contribution is -2.48. The molecule has 2 aromatic carbocycles. The summed E-state index contributed by atoms with van der Waals surface area (Å²) < 4.78 is 0. The van der Waals surface area contributed by atoms with Gasteiger partial charge in [-0.1, -0.05) is 12.1 Å². The molecule has 4 aliphatic rings. The molecule has 4 heteroatoms. The molecule has 0 radical (unpaired) electrons. The van der Waals surface area contributed by atoms with Gasteiger partial charge in [0.15, 0.2) is 0 Å². The number of anilines is 1. The average molecular weight is 371 g/mol. The highest BCUT2D eigenvalue weighted by Gasteiger charge is 2.51. The van der Waals surface area contributed by atoms with Gasteiger partial charge in [0, 0.05) is 11.3 Å². The summed E-state index contributed by atoms with van der Waals surface area (Å²) in [4.78, 5) is 19.9. The second kappa shape index (κ2) is 5.94. The summed E-state index contributed by atoms with van der Waals surface area (Å²) >= 11 is 0. The smallest absolute Gasteiger partial charge is 0.255 e. The summed E-state index contributed by atoms with van der Waals surface area (Å²) in [7, 11) is 0. The Morgan fingerprint density at radius 2 is 1.64 bits per heavy atom. The van der Waals surface area contributed by atoms with Gasteiger partial charge in [0.2, 0.25) is 0 Å². The lowest BCUT2D eigenvalue weighted by atomic mass is 9.48. The first-order valence-electron chi connectivity index (χ1n) is 10.5. The first-order chi connectivity index (χ1) is 13.7. The van der Waals surface area contributed by atoms with E-state index in [-0.39, 0.29) is 5.91 Å². The monoisotopic (exact) mass is 371 g/mol. The van der Waals surface area contributed by atoms with Gasteiger partial charge in [-0.25, -0.2) is 4.98 Å². The maximum Gasteiger partial charge on any atom is 0.255 e. The molecule has 4 fully saturated rings. The van der Waals surface area contributed by atoms with E-state index in [0.717, 1.165) is 34.5 Å². The maximum absolute atomic E-state index is 12.6. The van der Waals surface area contributed by atoms with Crippen molar-refractivity contribution in [3.8, 4) is 0 Å². The molecule has 4 saturated carbocycles. The number of hydrogen-bond donors (Lipinski definition) is 2. The number of fused-ring (bicyclic) bond motifs is 1. The van der Waals surface area contributed by atoms with Gasteiger partial charge in [-0.05, 0) is 97.6 Å². The van der Waals surface area contributed by atoms with Gasteiger partial charge >= 0.3 is 0 Å². The fraction of sp³-hybridized carbons (Fsp3) is 0.417. The molecular formula is C24H25N3O. The molecule has 7 rings (SSSR count). The summed E-state index contributed by atoms with van der Waals surface area (Å²) in [6, 6.07) is 14.2. The van der Waals surface area contributed by atoms with Crippen molar-refractivity contribution in [1.82, 2.24) is 9.97 Å². The first-order valence-corrected chi connectivity index (χ1v) is 10.5. The molecule has 1 aromatic heterocycles. The molecule has 4 nitrogen and oxygen atoms in total. The molecule has 0 spiro atoms. The van der Waals surface area contributed by atoms with Crippen molar-refractivity contribution in [2.24, 2.45) is 17.8 Å². The number of amides is 1. The third-order valence-electron chi connectivity index (χ3n) is 7.48. The molecule has 0 unspecified atom stereocenters. The summed E-state index contributed by atoms with van der Waals surface area (Å²) in [5.74, 6) is 2.76. The normalized spacial score (nSPS) is 30.6. The predicted octanol–water partition coefficient (Wildman–Crippen LogP) is 5.28. The minimum atomic E-state index is -0.0842. The van der Waals surface area contributed by atoms with E-state index in [1.165, 1.54) is 44.1 Å². The van der Waals surface area contributed by atoms with Gasteiger partial charge in [-0.2, -0.15) is 0 Å². The Morgan fingerprint density at radius 3 is 2.32 bits per heavy atom. The van der Waals surface area contributed by atoms with E-state index in [1.807, 2.05) is 18.2 Å². The zero-order valence-electron chi connectivity index (χ0n) is 15.9. The number of aromatic amines is 1. The number of aromatic nitrogens is 2. The van der Waals surface area contributed by atoms with Crippen LogP contribution >= 0.6 is 0 Å². The molecule has 28 heavy (non-hydrogen) atoms. The van der Waals surface area contributed by atoms with Gasteiger partial charge in [0.1, 0.15) is 0 Å². The van der Waals surface area contributed by atoms with Gasteiger partial charge in [0.25, 0.3) is 5.91 Å². The lowest BCUT2D eigenvalue weighted by molar-refractivity contribution is -0.00518. The Hall–Kier alpha value is -2.62. The van der Waals surface area contributed by atoms with E-state index < -0.39 is 0 Å². The maximum atomic E-state index is 12.6. The van der Waals surface area contributed by atoms with Crippen molar-refractivity contribution in [2.75, 3.05) is 5.32 Å². The Balaban J connectivity index is 1.22. The Kier molecular flexibility index (Phi) is 3.47. The number of rotatable bonds is 3. The second-order valence-corrected chi connectivity index (χ2v) is 9.36. The van der Waals surface area contributed by atoms with E-state index in [9.17, 15) is 4.79 Å². The first kappa shape index (κ1) is 16.3. The highest BCUT2D eigenvalue weighted by Crippen LogP contribution is 2.60. The number of carbonyl (C=O) groups is 1. The van der Waals surface area contributed by atoms with Crippen LogP contribution in [0.15, 0.2) is 48.8 Å². The molecule has 1 heterocycles. The molecule has 3 aromatic rings. The molecule has 142 valence electrons. The summed E-state index contributed by atoms with van der Waals surface area (Å²) in [5.41, 5.74) is 5.15. The Morgan fingerprint density at radius 1 is 0.964 bits per heavy atom. The second-order valence-electron chi connectivity index (χ2n) is 9.36. The predicted molar refractivity (Wildman–Crippen MR) is 110 cm³/mol. The van der Waals surface area contributed by atoms with Crippen LogP contribution in [0, 0.1) is 17.8 Å². The summed E-state index contributed by atoms with van der Waals surface area (Å²) in [6.45, 7) is 0. The Bertz CT molecular complexity index is 1010. The highest BCUT2D eigenvalue weighted by molar-refractivity contribution is 6.05. The summed E-state index contributed by atoms with van der Waals surface area (Å²) in [6.07, 6.45) is 10.2. The van der Waals surface area contributed by atoms with E-state index in [0.29, 0.717) is 11.0 Å². The number of nitrogens with zero attached hydrogens (tertiary/aromatic N) is 1. The van der Waals surface area contributed by atoms with Gasteiger partial charge in [-0.15, -0.1) is 0 Å². The van der Waals surface area contributed by atoms with Crippen molar-refractivity contribution in [3.63, 3.8) is 0 Å². The highest BCUT2D eigenvalue weighted by atomic mass is 16.1. The zero-order valence-corrected chi connectivity index (χ0v) is 15.9. The number of H-pyrrole nitrogens is 1. The van der Waals surface area contributed by atoms with E-state index in [4.69, 9.17) is 0 Å². The van der Waals surface area contributed by atoms with Crippen LogP contribution in [-0.4, -0.2) is 15.9 Å². The minimum Gasteiger partial charge on any atom is -0.345 e. The fourth-order valence-electron chi connectivity index (χ4n) is 6.65.